The fourth-order valence-corrected chi connectivity index (χ4v) is 2.02. The molecular formula is C10H18O3. The van der Waals surface area contributed by atoms with Gasteiger partial charge in [-0.05, 0) is 18.3 Å². The van der Waals surface area contributed by atoms with Crippen LogP contribution in [0.3, 0.4) is 0 Å². The van der Waals surface area contributed by atoms with Gasteiger partial charge in [0, 0.05) is 6.42 Å². The highest BCUT2D eigenvalue weighted by atomic mass is 16.4. The first-order valence-corrected chi connectivity index (χ1v) is 4.82. The minimum absolute atomic E-state index is 0.182. The quantitative estimate of drug-likeness (QED) is 0.635. The van der Waals surface area contributed by atoms with Crippen molar-refractivity contribution in [3.63, 3.8) is 0 Å². The molecule has 0 aromatic heterocycles. The molecule has 1 aliphatic rings. The third-order valence-corrected chi connectivity index (χ3v) is 2.99. The SMILES string of the molecule is CC(C)[C@]1(O)C(=O)C[C@@H](C)CC1O. The third kappa shape index (κ3) is 1.63. The number of hydrogen-bond acceptors (Lipinski definition) is 3. The van der Waals surface area contributed by atoms with Gasteiger partial charge in [0.15, 0.2) is 11.4 Å². The van der Waals surface area contributed by atoms with E-state index in [1.165, 1.54) is 0 Å². The van der Waals surface area contributed by atoms with Gasteiger partial charge in [-0.25, -0.2) is 0 Å². The van der Waals surface area contributed by atoms with Crippen molar-refractivity contribution >= 4 is 5.78 Å². The highest BCUT2D eigenvalue weighted by molar-refractivity contribution is 5.89. The highest BCUT2D eigenvalue weighted by Gasteiger charge is 2.49. The van der Waals surface area contributed by atoms with E-state index in [2.05, 4.69) is 0 Å². The minimum Gasteiger partial charge on any atom is -0.390 e. The molecule has 0 amide bonds. The van der Waals surface area contributed by atoms with Crippen molar-refractivity contribution in [1.82, 2.24) is 0 Å². The number of ketones is 1. The lowest BCUT2D eigenvalue weighted by Crippen LogP contribution is -2.57. The molecule has 1 fully saturated rings. The zero-order valence-electron chi connectivity index (χ0n) is 8.45. The molecule has 0 saturated heterocycles. The van der Waals surface area contributed by atoms with Gasteiger partial charge in [-0.3, -0.25) is 4.79 Å². The molecule has 2 N–H and O–H groups in total. The number of aliphatic hydroxyl groups excluding tert-OH is 1. The summed E-state index contributed by atoms with van der Waals surface area (Å²) in [5, 5.41) is 19.7. The second kappa shape index (κ2) is 3.39. The summed E-state index contributed by atoms with van der Waals surface area (Å²) >= 11 is 0. The molecule has 76 valence electrons. The average molecular weight is 186 g/mol. The predicted molar refractivity (Wildman–Crippen MR) is 49.2 cm³/mol. The van der Waals surface area contributed by atoms with E-state index in [-0.39, 0.29) is 17.6 Å². The number of rotatable bonds is 1. The summed E-state index contributed by atoms with van der Waals surface area (Å²) in [7, 11) is 0. The fraction of sp³-hybridized carbons (Fsp3) is 0.900. The molecule has 0 bridgehead atoms. The van der Waals surface area contributed by atoms with E-state index in [0.717, 1.165) is 0 Å². The summed E-state index contributed by atoms with van der Waals surface area (Å²) in [6.45, 7) is 5.44. The summed E-state index contributed by atoms with van der Waals surface area (Å²) in [5.74, 6) is -0.252. The lowest BCUT2D eigenvalue weighted by atomic mass is 9.71. The largest absolute Gasteiger partial charge is 0.390 e. The van der Waals surface area contributed by atoms with Crippen LogP contribution in [0, 0.1) is 11.8 Å². The van der Waals surface area contributed by atoms with E-state index in [9.17, 15) is 15.0 Å². The van der Waals surface area contributed by atoms with Gasteiger partial charge in [0.2, 0.25) is 0 Å². The summed E-state index contributed by atoms with van der Waals surface area (Å²) in [6, 6.07) is 0. The molecule has 1 rings (SSSR count). The number of aliphatic hydroxyl groups is 2. The summed E-state index contributed by atoms with van der Waals surface area (Å²) in [5.41, 5.74) is -1.51. The normalized spacial score (nSPS) is 41.2. The summed E-state index contributed by atoms with van der Waals surface area (Å²) in [4.78, 5) is 11.6. The first-order chi connectivity index (χ1) is 5.89. The Morgan fingerprint density at radius 3 is 2.46 bits per heavy atom. The van der Waals surface area contributed by atoms with Gasteiger partial charge in [-0.2, -0.15) is 0 Å². The average Bonchev–Trinajstić information content (AvgIpc) is 1.99. The van der Waals surface area contributed by atoms with E-state index in [4.69, 9.17) is 0 Å². The molecule has 3 heteroatoms. The van der Waals surface area contributed by atoms with Crippen LogP contribution in [0.4, 0.5) is 0 Å². The number of hydrogen-bond donors (Lipinski definition) is 2. The van der Waals surface area contributed by atoms with Crippen LogP contribution in [0.1, 0.15) is 33.6 Å². The number of carbonyl (C=O) groups excluding carboxylic acids is 1. The maximum Gasteiger partial charge on any atom is 0.167 e. The molecule has 0 heterocycles. The molecule has 3 nitrogen and oxygen atoms in total. The Morgan fingerprint density at radius 1 is 1.54 bits per heavy atom. The van der Waals surface area contributed by atoms with E-state index in [1.54, 1.807) is 13.8 Å². The molecule has 0 aromatic rings. The maximum atomic E-state index is 11.6. The van der Waals surface area contributed by atoms with Gasteiger partial charge in [-0.15, -0.1) is 0 Å². The zero-order valence-corrected chi connectivity index (χ0v) is 8.45. The van der Waals surface area contributed by atoms with Crippen LogP contribution in [0.15, 0.2) is 0 Å². The Kier molecular flexibility index (Phi) is 2.78. The van der Waals surface area contributed by atoms with Crippen molar-refractivity contribution in [2.24, 2.45) is 11.8 Å². The molecule has 0 radical (unpaired) electrons. The first-order valence-electron chi connectivity index (χ1n) is 4.82. The van der Waals surface area contributed by atoms with Crippen LogP contribution in [0.25, 0.3) is 0 Å². The van der Waals surface area contributed by atoms with Crippen molar-refractivity contribution in [2.45, 2.75) is 45.3 Å². The maximum absolute atomic E-state index is 11.6. The molecule has 1 aliphatic carbocycles. The van der Waals surface area contributed by atoms with Crippen molar-refractivity contribution in [3.05, 3.63) is 0 Å². The van der Waals surface area contributed by atoms with Gasteiger partial charge in [0.25, 0.3) is 0 Å². The predicted octanol–water partition coefficient (Wildman–Crippen LogP) is 0.733. The molecule has 0 aliphatic heterocycles. The van der Waals surface area contributed by atoms with Gasteiger partial charge >= 0.3 is 0 Å². The van der Waals surface area contributed by atoms with Crippen molar-refractivity contribution in [3.8, 4) is 0 Å². The minimum atomic E-state index is -1.51. The third-order valence-electron chi connectivity index (χ3n) is 2.99. The van der Waals surface area contributed by atoms with Crippen molar-refractivity contribution < 1.29 is 15.0 Å². The number of Topliss-reactive ketones (excluding diaryl/α,β-unsaturated/α-hetero) is 1. The molecule has 1 saturated carbocycles. The highest BCUT2D eigenvalue weighted by Crippen LogP contribution is 2.34. The molecule has 13 heavy (non-hydrogen) atoms. The van der Waals surface area contributed by atoms with E-state index in [0.29, 0.717) is 12.8 Å². The van der Waals surface area contributed by atoms with Crippen LogP contribution in [-0.4, -0.2) is 27.7 Å². The topological polar surface area (TPSA) is 57.5 Å². The summed E-state index contributed by atoms with van der Waals surface area (Å²) in [6.07, 6.45) is -0.00431. The van der Waals surface area contributed by atoms with Crippen molar-refractivity contribution in [1.29, 1.82) is 0 Å². The Balaban J connectivity index is 2.89. The van der Waals surface area contributed by atoms with Crippen LogP contribution in [-0.2, 0) is 4.79 Å². The van der Waals surface area contributed by atoms with Gasteiger partial charge in [-0.1, -0.05) is 20.8 Å². The van der Waals surface area contributed by atoms with E-state index < -0.39 is 11.7 Å². The lowest BCUT2D eigenvalue weighted by Gasteiger charge is -2.40. The Bertz CT molecular complexity index is 212. The monoisotopic (exact) mass is 186 g/mol. The van der Waals surface area contributed by atoms with E-state index >= 15 is 0 Å². The smallest absolute Gasteiger partial charge is 0.167 e. The van der Waals surface area contributed by atoms with Gasteiger partial charge in [0.1, 0.15) is 0 Å². The molecule has 0 aromatic carbocycles. The van der Waals surface area contributed by atoms with Gasteiger partial charge in [0.05, 0.1) is 6.10 Å². The lowest BCUT2D eigenvalue weighted by molar-refractivity contribution is -0.169. The second-order valence-electron chi connectivity index (χ2n) is 4.46. The van der Waals surface area contributed by atoms with E-state index in [1.807, 2.05) is 6.92 Å². The molecule has 3 atom stereocenters. The van der Waals surface area contributed by atoms with Crippen LogP contribution in [0.5, 0.6) is 0 Å². The Hall–Kier alpha value is -0.410. The standard InChI is InChI=1S/C10H18O3/c1-6(2)10(13)8(11)4-7(3)5-9(10)12/h6-8,11,13H,4-5H2,1-3H3/t7-,8?,10+/m0/s1. The van der Waals surface area contributed by atoms with Gasteiger partial charge < -0.3 is 10.2 Å². The Labute approximate surface area is 78.8 Å². The fourth-order valence-electron chi connectivity index (χ4n) is 2.02. The molecule has 0 spiro atoms. The van der Waals surface area contributed by atoms with Crippen molar-refractivity contribution in [2.75, 3.05) is 0 Å². The zero-order chi connectivity index (χ0) is 10.2. The Morgan fingerprint density at radius 2 is 2.08 bits per heavy atom. The first kappa shape index (κ1) is 10.7. The van der Waals surface area contributed by atoms with Crippen LogP contribution < -0.4 is 0 Å². The van der Waals surface area contributed by atoms with Crippen LogP contribution in [0.2, 0.25) is 0 Å². The summed E-state index contributed by atoms with van der Waals surface area (Å²) < 4.78 is 0. The molecule has 1 unspecified atom stereocenters. The molecular weight excluding hydrogens is 168 g/mol. The van der Waals surface area contributed by atoms with Crippen LogP contribution >= 0.6 is 0 Å². The second-order valence-corrected chi connectivity index (χ2v) is 4.46. The number of carbonyl (C=O) groups is 1.